The highest BCUT2D eigenvalue weighted by Gasteiger charge is 2.08. The largest absolute Gasteiger partial charge is 0.350 e. The first-order valence-corrected chi connectivity index (χ1v) is 6.58. The number of aryl methyl sites for hydroxylation is 2. The molecular formula is C14H17N3OS. The molecule has 0 aliphatic heterocycles. The van der Waals surface area contributed by atoms with Crippen molar-refractivity contribution >= 4 is 18.5 Å². The SMILES string of the molecule is Cc1cnn(CCNC(=O)c2cc(S)ccc2C)c1. The molecule has 1 heterocycles. The summed E-state index contributed by atoms with van der Waals surface area (Å²) < 4.78 is 1.82. The third-order valence-corrected chi connectivity index (χ3v) is 3.13. The van der Waals surface area contributed by atoms with Crippen molar-refractivity contribution < 1.29 is 4.79 Å². The standard InChI is InChI=1S/C14H17N3OS/c1-10-8-16-17(9-10)6-5-15-14(18)13-7-12(19)4-3-11(13)2/h3-4,7-9,19H,5-6H2,1-2H3,(H,15,18). The maximum absolute atomic E-state index is 12.0. The van der Waals surface area contributed by atoms with Crippen LogP contribution in [-0.2, 0) is 6.54 Å². The van der Waals surface area contributed by atoms with Gasteiger partial charge in [-0.25, -0.2) is 0 Å². The highest BCUT2D eigenvalue weighted by molar-refractivity contribution is 7.80. The Bertz CT molecular complexity index is 592. The van der Waals surface area contributed by atoms with E-state index in [0.29, 0.717) is 18.7 Å². The Labute approximate surface area is 118 Å². The minimum atomic E-state index is -0.0720. The van der Waals surface area contributed by atoms with E-state index in [4.69, 9.17) is 0 Å². The first-order chi connectivity index (χ1) is 9.06. The first-order valence-electron chi connectivity index (χ1n) is 6.13. The van der Waals surface area contributed by atoms with Crippen LogP contribution in [0.4, 0.5) is 0 Å². The zero-order chi connectivity index (χ0) is 13.8. The Balaban J connectivity index is 1.92. The lowest BCUT2D eigenvalue weighted by molar-refractivity contribution is 0.0951. The van der Waals surface area contributed by atoms with Crippen LogP contribution in [0.5, 0.6) is 0 Å². The molecule has 0 atom stereocenters. The maximum Gasteiger partial charge on any atom is 0.251 e. The van der Waals surface area contributed by atoms with Crippen LogP contribution in [0, 0.1) is 13.8 Å². The van der Waals surface area contributed by atoms with Crippen molar-refractivity contribution in [2.24, 2.45) is 0 Å². The van der Waals surface area contributed by atoms with Gasteiger partial charge in [-0.05, 0) is 37.1 Å². The minimum absolute atomic E-state index is 0.0720. The van der Waals surface area contributed by atoms with E-state index in [0.717, 1.165) is 16.0 Å². The summed E-state index contributed by atoms with van der Waals surface area (Å²) in [5.41, 5.74) is 2.74. The summed E-state index contributed by atoms with van der Waals surface area (Å²) in [4.78, 5) is 12.8. The molecule has 1 aromatic carbocycles. The molecule has 0 radical (unpaired) electrons. The molecule has 0 bridgehead atoms. The van der Waals surface area contributed by atoms with Gasteiger partial charge in [0.15, 0.2) is 0 Å². The van der Waals surface area contributed by atoms with Crippen LogP contribution in [0.3, 0.4) is 0 Å². The molecule has 100 valence electrons. The Morgan fingerprint density at radius 1 is 1.42 bits per heavy atom. The van der Waals surface area contributed by atoms with Crippen molar-refractivity contribution in [3.05, 3.63) is 47.3 Å². The van der Waals surface area contributed by atoms with Crippen molar-refractivity contribution in [2.45, 2.75) is 25.3 Å². The quantitative estimate of drug-likeness (QED) is 0.841. The molecule has 1 N–H and O–H groups in total. The number of nitrogens with one attached hydrogen (secondary N) is 1. The monoisotopic (exact) mass is 275 g/mol. The van der Waals surface area contributed by atoms with Crippen LogP contribution in [0.25, 0.3) is 0 Å². The lowest BCUT2D eigenvalue weighted by Gasteiger charge is -2.08. The molecule has 19 heavy (non-hydrogen) atoms. The summed E-state index contributed by atoms with van der Waals surface area (Å²) in [6, 6.07) is 5.56. The molecule has 0 aliphatic rings. The highest BCUT2D eigenvalue weighted by atomic mass is 32.1. The van der Waals surface area contributed by atoms with E-state index in [1.54, 1.807) is 12.3 Å². The number of amides is 1. The van der Waals surface area contributed by atoms with Crippen LogP contribution in [0.2, 0.25) is 0 Å². The van der Waals surface area contributed by atoms with Gasteiger partial charge in [0.2, 0.25) is 0 Å². The number of thiol groups is 1. The molecule has 0 fully saturated rings. The van der Waals surface area contributed by atoms with Gasteiger partial charge in [-0.3, -0.25) is 9.48 Å². The number of hydrogen-bond acceptors (Lipinski definition) is 3. The Morgan fingerprint density at radius 3 is 2.89 bits per heavy atom. The smallest absolute Gasteiger partial charge is 0.251 e. The summed E-state index contributed by atoms with van der Waals surface area (Å²) in [5.74, 6) is -0.0720. The van der Waals surface area contributed by atoms with E-state index < -0.39 is 0 Å². The number of carbonyl (C=O) groups excluding carboxylic acids is 1. The second kappa shape index (κ2) is 5.93. The van der Waals surface area contributed by atoms with Crippen LogP contribution in [-0.4, -0.2) is 22.2 Å². The molecule has 4 nitrogen and oxygen atoms in total. The van der Waals surface area contributed by atoms with Crippen LogP contribution < -0.4 is 5.32 Å². The van der Waals surface area contributed by atoms with Crippen LogP contribution >= 0.6 is 12.6 Å². The van der Waals surface area contributed by atoms with Gasteiger partial charge >= 0.3 is 0 Å². The van der Waals surface area contributed by atoms with E-state index in [1.165, 1.54) is 0 Å². The molecular weight excluding hydrogens is 258 g/mol. The lowest BCUT2D eigenvalue weighted by Crippen LogP contribution is -2.28. The van der Waals surface area contributed by atoms with Gasteiger partial charge in [0.1, 0.15) is 0 Å². The first kappa shape index (κ1) is 13.7. The topological polar surface area (TPSA) is 46.9 Å². The van der Waals surface area contributed by atoms with E-state index in [-0.39, 0.29) is 5.91 Å². The molecule has 0 saturated heterocycles. The number of benzene rings is 1. The van der Waals surface area contributed by atoms with Crippen molar-refractivity contribution in [3.8, 4) is 0 Å². The third-order valence-electron chi connectivity index (χ3n) is 2.85. The number of rotatable bonds is 4. The van der Waals surface area contributed by atoms with Gasteiger partial charge in [0.05, 0.1) is 12.7 Å². The lowest BCUT2D eigenvalue weighted by atomic mass is 10.1. The van der Waals surface area contributed by atoms with E-state index in [2.05, 4.69) is 23.0 Å². The Kier molecular flexibility index (Phi) is 4.27. The summed E-state index contributed by atoms with van der Waals surface area (Å²) in [6.07, 6.45) is 3.75. The highest BCUT2D eigenvalue weighted by Crippen LogP contribution is 2.13. The summed E-state index contributed by atoms with van der Waals surface area (Å²) in [6.45, 7) is 5.12. The predicted octanol–water partition coefficient (Wildman–Crippen LogP) is 2.22. The molecule has 0 aliphatic carbocycles. The van der Waals surface area contributed by atoms with Gasteiger partial charge in [0.25, 0.3) is 5.91 Å². The second-order valence-corrected chi connectivity index (χ2v) is 5.05. The van der Waals surface area contributed by atoms with Crippen molar-refractivity contribution in [3.63, 3.8) is 0 Å². The number of nitrogens with zero attached hydrogens (tertiary/aromatic N) is 2. The predicted molar refractivity (Wildman–Crippen MR) is 77.7 cm³/mol. The van der Waals surface area contributed by atoms with Gasteiger partial charge in [-0.15, -0.1) is 12.6 Å². The zero-order valence-electron chi connectivity index (χ0n) is 11.1. The van der Waals surface area contributed by atoms with Crippen LogP contribution in [0.15, 0.2) is 35.5 Å². The molecule has 2 aromatic rings. The molecule has 0 saturated carbocycles. The molecule has 5 heteroatoms. The summed E-state index contributed by atoms with van der Waals surface area (Å²) in [5, 5.41) is 7.06. The average molecular weight is 275 g/mol. The van der Waals surface area contributed by atoms with Crippen molar-refractivity contribution in [1.29, 1.82) is 0 Å². The Morgan fingerprint density at radius 2 is 2.21 bits per heavy atom. The number of carbonyl (C=O) groups is 1. The molecule has 2 rings (SSSR count). The van der Waals surface area contributed by atoms with E-state index in [1.807, 2.05) is 36.9 Å². The van der Waals surface area contributed by atoms with Gasteiger partial charge in [-0.1, -0.05) is 6.07 Å². The van der Waals surface area contributed by atoms with Crippen molar-refractivity contribution in [2.75, 3.05) is 6.54 Å². The minimum Gasteiger partial charge on any atom is -0.350 e. The van der Waals surface area contributed by atoms with Gasteiger partial charge in [0, 0.05) is 23.2 Å². The molecule has 1 amide bonds. The molecule has 1 aromatic heterocycles. The number of aromatic nitrogens is 2. The fourth-order valence-electron chi connectivity index (χ4n) is 1.82. The zero-order valence-corrected chi connectivity index (χ0v) is 11.9. The van der Waals surface area contributed by atoms with Gasteiger partial charge < -0.3 is 5.32 Å². The maximum atomic E-state index is 12.0. The summed E-state index contributed by atoms with van der Waals surface area (Å²) in [7, 11) is 0. The molecule has 0 unspecified atom stereocenters. The Hall–Kier alpha value is -1.75. The summed E-state index contributed by atoms with van der Waals surface area (Å²) >= 11 is 4.25. The number of hydrogen-bond donors (Lipinski definition) is 2. The van der Waals surface area contributed by atoms with Crippen LogP contribution in [0.1, 0.15) is 21.5 Å². The average Bonchev–Trinajstić information content (AvgIpc) is 2.78. The van der Waals surface area contributed by atoms with E-state index in [9.17, 15) is 4.79 Å². The molecule has 0 spiro atoms. The second-order valence-electron chi connectivity index (χ2n) is 4.54. The fourth-order valence-corrected chi connectivity index (χ4v) is 2.03. The third kappa shape index (κ3) is 3.61. The normalized spacial score (nSPS) is 10.5. The fraction of sp³-hybridized carbons (Fsp3) is 0.286. The van der Waals surface area contributed by atoms with Gasteiger partial charge in [-0.2, -0.15) is 5.10 Å². The van der Waals surface area contributed by atoms with Crippen molar-refractivity contribution in [1.82, 2.24) is 15.1 Å². The van der Waals surface area contributed by atoms with E-state index >= 15 is 0 Å².